The number of rotatable bonds is 7. The van der Waals surface area contributed by atoms with Gasteiger partial charge in [0.15, 0.2) is 0 Å². The van der Waals surface area contributed by atoms with Crippen molar-refractivity contribution in [1.29, 1.82) is 0 Å². The summed E-state index contributed by atoms with van der Waals surface area (Å²) in [5, 5.41) is 0. The number of halogens is 1. The van der Waals surface area contributed by atoms with Gasteiger partial charge in [0.05, 0.1) is 13.0 Å². The maximum absolute atomic E-state index is 13.1. The summed E-state index contributed by atoms with van der Waals surface area (Å²) in [6, 6.07) is 17.8. The molecule has 5 heteroatoms. The van der Waals surface area contributed by atoms with Gasteiger partial charge in [0, 0.05) is 18.6 Å². The first-order chi connectivity index (χ1) is 12.1. The molecule has 0 saturated heterocycles. The van der Waals surface area contributed by atoms with Crippen molar-refractivity contribution in [3.63, 3.8) is 0 Å². The lowest BCUT2D eigenvalue weighted by Gasteiger charge is -2.29. The summed E-state index contributed by atoms with van der Waals surface area (Å²) in [7, 11) is 1.65. The second kappa shape index (κ2) is 9.06. The summed E-state index contributed by atoms with van der Waals surface area (Å²) in [4.78, 5) is 15.1. The number of hydrogen-bond donors (Lipinski definition) is 1. The molecule has 1 saturated carbocycles. The monoisotopic (exact) mass is 374 g/mol. The molecule has 2 aromatic rings. The zero-order chi connectivity index (χ0) is 17.8. The fourth-order valence-electron chi connectivity index (χ4n) is 3.08. The van der Waals surface area contributed by atoms with Gasteiger partial charge >= 0.3 is 0 Å². The molecule has 4 nitrogen and oxygen atoms in total. The minimum absolute atomic E-state index is 0. The number of carbonyl (C=O) groups excluding carboxylic acids is 1. The van der Waals surface area contributed by atoms with Gasteiger partial charge in [-0.05, 0) is 36.1 Å². The Morgan fingerprint density at radius 1 is 1.15 bits per heavy atom. The highest BCUT2D eigenvalue weighted by atomic mass is 35.5. The van der Waals surface area contributed by atoms with Crippen molar-refractivity contribution in [3.05, 3.63) is 65.7 Å². The first-order valence-electron chi connectivity index (χ1n) is 8.84. The zero-order valence-corrected chi connectivity index (χ0v) is 16.1. The Balaban J connectivity index is 0.00000243. The Morgan fingerprint density at radius 3 is 2.31 bits per heavy atom. The van der Waals surface area contributed by atoms with Crippen molar-refractivity contribution in [3.8, 4) is 5.75 Å². The number of amides is 1. The molecule has 1 amide bonds. The largest absolute Gasteiger partial charge is 0.497 e. The van der Waals surface area contributed by atoms with E-state index in [4.69, 9.17) is 10.5 Å². The third kappa shape index (κ3) is 4.77. The maximum atomic E-state index is 13.1. The summed E-state index contributed by atoms with van der Waals surface area (Å²) < 4.78 is 5.20. The van der Waals surface area contributed by atoms with Crippen LogP contribution < -0.4 is 10.5 Å². The summed E-state index contributed by atoms with van der Waals surface area (Å²) >= 11 is 0. The Morgan fingerprint density at radius 2 is 1.77 bits per heavy atom. The molecule has 1 fully saturated rings. The maximum Gasteiger partial charge on any atom is 0.227 e. The second-order valence-corrected chi connectivity index (χ2v) is 6.77. The van der Waals surface area contributed by atoms with E-state index in [9.17, 15) is 4.79 Å². The number of ether oxygens (including phenoxy) is 1. The highest BCUT2D eigenvalue weighted by Crippen LogP contribution is 2.32. The van der Waals surface area contributed by atoms with Crippen LogP contribution in [-0.2, 0) is 11.3 Å². The van der Waals surface area contributed by atoms with Gasteiger partial charge in [-0.1, -0.05) is 49.4 Å². The van der Waals surface area contributed by atoms with E-state index in [1.54, 1.807) is 7.11 Å². The first-order valence-corrected chi connectivity index (χ1v) is 8.84. The van der Waals surface area contributed by atoms with E-state index < -0.39 is 0 Å². The molecule has 0 radical (unpaired) electrons. The molecular weight excluding hydrogens is 348 g/mol. The highest BCUT2D eigenvalue weighted by molar-refractivity contribution is 5.85. The number of nitrogens with zero attached hydrogens (tertiary/aromatic N) is 1. The summed E-state index contributed by atoms with van der Waals surface area (Å²) in [5.41, 5.74) is 8.48. The minimum atomic E-state index is -0.286. The highest BCUT2D eigenvalue weighted by Gasteiger charge is 2.36. The van der Waals surface area contributed by atoms with Crippen LogP contribution >= 0.6 is 12.4 Å². The van der Waals surface area contributed by atoms with Crippen LogP contribution in [0.15, 0.2) is 54.6 Å². The van der Waals surface area contributed by atoms with Gasteiger partial charge in [0.2, 0.25) is 5.91 Å². The zero-order valence-electron chi connectivity index (χ0n) is 15.3. The molecule has 0 bridgehead atoms. The van der Waals surface area contributed by atoms with Gasteiger partial charge < -0.3 is 15.4 Å². The molecule has 1 aliphatic carbocycles. The predicted molar refractivity (Wildman–Crippen MR) is 106 cm³/mol. The van der Waals surface area contributed by atoms with Gasteiger partial charge in [-0.2, -0.15) is 0 Å². The lowest BCUT2D eigenvalue weighted by molar-refractivity contribution is -0.137. The molecular formula is C21H27ClN2O2. The molecule has 26 heavy (non-hydrogen) atoms. The summed E-state index contributed by atoms with van der Waals surface area (Å²) in [5.74, 6) is 0.712. The normalized spacial score (nSPS) is 15.5. The molecule has 2 aromatic carbocycles. The average molecular weight is 375 g/mol. The summed E-state index contributed by atoms with van der Waals surface area (Å²) in [6.45, 7) is 2.56. The van der Waals surface area contributed by atoms with Crippen LogP contribution in [0.3, 0.4) is 0 Å². The fourth-order valence-corrected chi connectivity index (χ4v) is 3.08. The molecule has 140 valence electrons. The SMILES string of the molecule is COc1ccc(CN(C(=O)C(C)C(N)c2ccccc2)C2CC2)cc1.Cl. The molecule has 0 aromatic heterocycles. The standard InChI is InChI=1S/C21H26N2O2.ClH/c1-15(20(22)17-6-4-3-5-7-17)21(24)23(18-10-11-18)14-16-8-12-19(25-2)13-9-16;/h3-9,12-13,15,18,20H,10-11,14,22H2,1-2H3;1H. The van der Waals surface area contributed by atoms with Crippen LogP contribution in [0.1, 0.15) is 36.9 Å². The fraction of sp³-hybridized carbons (Fsp3) is 0.381. The lowest BCUT2D eigenvalue weighted by Crippen LogP contribution is -2.40. The molecule has 2 unspecified atom stereocenters. The van der Waals surface area contributed by atoms with Gasteiger partial charge in [-0.25, -0.2) is 0 Å². The van der Waals surface area contributed by atoms with Crippen LogP contribution in [0.25, 0.3) is 0 Å². The third-order valence-electron chi connectivity index (χ3n) is 4.90. The molecule has 0 aliphatic heterocycles. The molecule has 1 aliphatic rings. The minimum Gasteiger partial charge on any atom is -0.497 e. The van der Waals surface area contributed by atoms with Gasteiger partial charge in [-0.3, -0.25) is 4.79 Å². The van der Waals surface area contributed by atoms with Gasteiger partial charge in [-0.15, -0.1) is 12.4 Å². The van der Waals surface area contributed by atoms with Crippen LogP contribution in [0.5, 0.6) is 5.75 Å². The Kier molecular flexibility index (Phi) is 7.06. The van der Waals surface area contributed by atoms with E-state index in [1.165, 1.54) is 0 Å². The number of nitrogens with two attached hydrogens (primary N) is 1. The Bertz CT molecular complexity index is 702. The smallest absolute Gasteiger partial charge is 0.227 e. The number of hydrogen-bond acceptors (Lipinski definition) is 3. The third-order valence-corrected chi connectivity index (χ3v) is 4.90. The van der Waals surface area contributed by atoms with E-state index in [0.717, 1.165) is 29.7 Å². The second-order valence-electron chi connectivity index (χ2n) is 6.77. The Hall–Kier alpha value is -2.04. The van der Waals surface area contributed by atoms with Gasteiger partial charge in [0.25, 0.3) is 0 Å². The van der Waals surface area contributed by atoms with E-state index in [1.807, 2.05) is 66.4 Å². The molecule has 0 heterocycles. The predicted octanol–water partition coefficient (Wildman–Crippen LogP) is 3.94. The quantitative estimate of drug-likeness (QED) is 0.798. The number of benzene rings is 2. The number of methoxy groups -OCH3 is 1. The van der Waals surface area contributed by atoms with Crippen molar-refractivity contribution in [2.45, 2.75) is 38.4 Å². The van der Waals surface area contributed by atoms with E-state index in [2.05, 4.69) is 0 Å². The molecule has 3 rings (SSSR count). The van der Waals surface area contributed by atoms with Crippen molar-refractivity contribution < 1.29 is 9.53 Å². The van der Waals surface area contributed by atoms with E-state index >= 15 is 0 Å². The van der Waals surface area contributed by atoms with Crippen molar-refractivity contribution >= 4 is 18.3 Å². The van der Waals surface area contributed by atoms with Crippen molar-refractivity contribution in [2.24, 2.45) is 11.7 Å². The van der Waals surface area contributed by atoms with Crippen LogP contribution in [0.2, 0.25) is 0 Å². The van der Waals surface area contributed by atoms with Crippen molar-refractivity contribution in [2.75, 3.05) is 7.11 Å². The molecule has 0 spiro atoms. The van der Waals surface area contributed by atoms with Crippen molar-refractivity contribution in [1.82, 2.24) is 4.90 Å². The van der Waals surface area contributed by atoms with E-state index in [0.29, 0.717) is 12.6 Å². The van der Waals surface area contributed by atoms with E-state index in [-0.39, 0.29) is 30.3 Å². The summed E-state index contributed by atoms with van der Waals surface area (Å²) in [6.07, 6.45) is 2.16. The first kappa shape index (κ1) is 20.3. The van der Waals surface area contributed by atoms with Crippen LogP contribution in [0.4, 0.5) is 0 Å². The van der Waals surface area contributed by atoms with Gasteiger partial charge in [0.1, 0.15) is 5.75 Å². The molecule has 2 N–H and O–H groups in total. The average Bonchev–Trinajstić information content (AvgIpc) is 3.50. The van der Waals surface area contributed by atoms with Crippen LogP contribution in [0, 0.1) is 5.92 Å². The van der Waals surface area contributed by atoms with Crippen LogP contribution in [-0.4, -0.2) is 24.0 Å². The molecule has 2 atom stereocenters. The lowest BCUT2D eigenvalue weighted by atomic mass is 9.94. The number of carbonyl (C=O) groups is 1. The Labute approximate surface area is 161 Å². The topological polar surface area (TPSA) is 55.6 Å².